The van der Waals surface area contributed by atoms with E-state index >= 15 is 0 Å². The number of rotatable bonds is 14. The van der Waals surface area contributed by atoms with Gasteiger partial charge in [-0.2, -0.15) is 0 Å². The van der Waals surface area contributed by atoms with Gasteiger partial charge in [-0.05, 0) is 99.5 Å². The zero-order chi connectivity index (χ0) is 24.3. The largest absolute Gasteiger partial charge is 0.493 e. The van der Waals surface area contributed by atoms with Crippen molar-refractivity contribution >= 4 is 0 Å². The summed E-state index contributed by atoms with van der Waals surface area (Å²) in [6, 6.07) is 12.8. The van der Waals surface area contributed by atoms with Crippen molar-refractivity contribution in [3.05, 3.63) is 47.5 Å². The first kappa shape index (κ1) is 26.5. The van der Waals surface area contributed by atoms with Gasteiger partial charge in [0.05, 0.1) is 19.8 Å². The fourth-order valence-corrected chi connectivity index (χ4v) is 4.65. The minimum absolute atomic E-state index is 0.141. The highest BCUT2D eigenvalue weighted by Crippen LogP contribution is 2.35. The second kappa shape index (κ2) is 13.7. The van der Waals surface area contributed by atoms with Gasteiger partial charge < -0.3 is 24.8 Å². The Morgan fingerprint density at radius 3 is 1.97 bits per heavy atom. The van der Waals surface area contributed by atoms with Crippen LogP contribution in [0.3, 0.4) is 0 Å². The Morgan fingerprint density at radius 1 is 0.882 bits per heavy atom. The summed E-state index contributed by atoms with van der Waals surface area (Å²) >= 11 is 0. The van der Waals surface area contributed by atoms with Crippen LogP contribution in [0.15, 0.2) is 36.4 Å². The minimum atomic E-state index is 0.141. The molecular formula is C29H44N2O3. The van der Waals surface area contributed by atoms with Crippen molar-refractivity contribution in [2.24, 2.45) is 5.92 Å². The molecule has 34 heavy (non-hydrogen) atoms. The number of benzene rings is 2. The number of aliphatic hydroxyl groups is 1. The molecule has 1 fully saturated rings. The molecule has 2 aromatic rings. The summed E-state index contributed by atoms with van der Waals surface area (Å²) in [5.41, 5.74) is 4.72. The molecule has 2 aromatic carbocycles. The SMILES string of the molecule is Cc1c(OCCCNC(CO)C(C)C)cccc1-c1cccc(OCCCN2CCCC2)c1C. The standard InChI is InChI=1S/C29H44N2O3/c1-22(2)27(21-32)30-15-9-19-33-28-13-7-11-25(23(28)3)26-12-8-14-29(24(26)4)34-20-10-18-31-16-5-6-17-31/h7-8,11-14,22,27,30,32H,5-6,9-10,15-21H2,1-4H3. The molecule has 0 saturated carbocycles. The first-order chi connectivity index (χ1) is 16.5. The van der Waals surface area contributed by atoms with Gasteiger partial charge in [0, 0.05) is 12.6 Å². The number of nitrogens with zero attached hydrogens (tertiary/aromatic N) is 1. The second-order valence-electron chi connectivity index (χ2n) is 9.80. The van der Waals surface area contributed by atoms with Crippen molar-refractivity contribution in [1.29, 1.82) is 0 Å². The van der Waals surface area contributed by atoms with Crippen LogP contribution in [0, 0.1) is 19.8 Å². The van der Waals surface area contributed by atoms with Crippen molar-refractivity contribution in [1.82, 2.24) is 10.2 Å². The summed E-state index contributed by atoms with van der Waals surface area (Å²) in [4.78, 5) is 2.53. The number of nitrogens with one attached hydrogen (secondary N) is 1. The summed E-state index contributed by atoms with van der Waals surface area (Å²) in [5, 5.41) is 12.9. The Bertz CT molecular complexity index is 878. The van der Waals surface area contributed by atoms with Gasteiger partial charge in [0.15, 0.2) is 0 Å². The first-order valence-electron chi connectivity index (χ1n) is 13.0. The third-order valence-electron chi connectivity index (χ3n) is 6.92. The molecule has 1 atom stereocenters. The maximum Gasteiger partial charge on any atom is 0.122 e. The molecule has 1 heterocycles. The lowest BCUT2D eigenvalue weighted by molar-refractivity contribution is 0.207. The molecule has 0 aromatic heterocycles. The molecule has 1 aliphatic heterocycles. The predicted molar refractivity (Wildman–Crippen MR) is 141 cm³/mol. The van der Waals surface area contributed by atoms with Crippen LogP contribution < -0.4 is 14.8 Å². The average molecular weight is 469 g/mol. The Balaban J connectivity index is 1.55. The van der Waals surface area contributed by atoms with Crippen LogP contribution in [0.2, 0.25) is 0 Å². The molecule has 0 aliphatic carbocycles. The molecule has 0 amide bonds. The zero-order valence-corrected chi connectivity index (χ0v) is 21.6. The molecule has 188 valence electrons. The van der Waals surface area contributed by atoms with E-state index < -0.39 is 0 Å². The number of likely N-dealkylation sites (tertiary alicyclic amines) is 1. The Labute approximate surface area is 206 Å². The lowest BCUT2D eigenvalue weighted by Crippen LogP contribution is -2.37. The van der Waals surface area contributed by atoms with Crippen LogP contribution in [0.5, 0.6) is 11.5 Å². The van der Waals surface area contributed by atoms with E-state index in [1.54, 1.807) is 0 Å². The van der Waals surface area contributed by atoms with Gasteiger partial charge in [-0.1, -0.05) is 38.1 Å². The van der Waals surface area contributed by atoms with Crippen LogP contribution in [0.1, 0.15) is 50.7 Å². The molecule has 1 saturated heterocycles. The molecule has 2 N–H and O–H groups in total. The number of hydrogen-bond donors (Lipinski definition) is 2. The van der Waals surface area contributed by atoms with E-state index in [1.165, 1.54) is 42.6 Å². The highest BCUT2D eigenvalue weighted by atomic mass is 16.5. The maximum atomic E-state index is 9.45. The van der Waals surface area contributed by atoms with Gasteiger partial charge in [0.2, 0.25) is 0 Å². The van der Waals surface area contributed by atoms with Crippen LogP contribution in [0.25, 0.3) is 11.1 Å². The van der Waals surface area contributed by atoms with Gasteiger partial charge in [-0.25, -0.2) is 0 Å². The number of ether oxygens (including phenoxy) is 2. The molecule has 0 bridgehead atoms. The molecular weight excluding hydrogens is 424 g/mol. The predicted octanol–water partition coefficient (Wildman–Crippen LogP) is 5.21. The van der Waals surface area contributed by atoms with E-state index in [1.807, 2.05) is 6.07 Å². The number of aliphatic hydroxyl groups excluding tert-OH is 1. The van der Waals surface area contributed by atoms with Gasteiger partial charge >= 0.3 is 0 Å². The smallest absolute Gasteiger partial charge is 0.122 e. The van der Waals surface area contributed by atoms with Gasteiger partial charge in [-0.3, -0.25) is 0 Å². The minimum Gasteiger partial charge on any atom is -0.493 e. The quantitative estimate of drug-likeness (QED) is 0.373. The van der Waals surface area contributed by atoms with Crippen molar-refractivity contribution < 1.29 is 14.6 Å². The average Bonchev–Trinajstić information content (AvgIpc) is 3.34. The highest BCUT2D eigenvalue weighted by molar-refractivity contribution is 5.74. The van der Waals surface area contributed by atoms with E-state index in [9.17, 15) is 5.11 Å². The Morgan fingerprint density at radius 2 is 1.44 bits per heavy atom. The summed E-state index contributed by atoms with van der Waals surface area (Å²) < 4.78 is 12.3. The highest BCUT2D eigenvalue weighted by Gasteiger charge is 2.14. The Kier molecular flexibility index (Phi) is 10.7. The molecule has 5 nitrogen and oxygen atoms in total. The summed E-state index contributed by atoms with van der Waals surface area (Å²) in [7, 11) is 0. The van der Waals surface area contributed by atoms with Crippen LogP contribution in [0.4, 0.5) is 0 Å². The van der Waals surface area contributed by atoms with Gasteiger partial charge in [-0.15, -0.1) is 0 Å². The lowest BCUT2D eigenvalue weighted by Gasteiger charge is -2.20. The van der Waals surface area contributed by atoms with Crippen LogP contribution >= 0.6 is 0 Å². The number of hydrogen-bond acceptors (Lipinski definition) is 5. The summed E-state index contributed by atoms with van der Waals surface area (Å²) in [6.07, 6.45) is 4.64. The van der Waals surface area contributed by atoms with E-state index in [0.29, 0.717) is 12.5 Å². The fourth-order valence-electron chi connectivity index (χ4n) is 4.65. The summed E-state index contributed by atoms with van der Waals surface area (Å²) in [5.74, 6) is 2.31. The molecule has 1 unspecified atom stereocenters. The van der Waals surface area contributed by atoms with E-state index in [2.05, 4.69) is 68.2 Å². The van der Waals surface area contributed by atoms with E-state index in [0.717, 1.165) is 49.6 Å². The van der Waals surface area contributed by atoms with Crippen molar-refractivity contribution in [2.45, 2.75) is 59.4 Å². The third-order valence-corrected chi connectivity index (χ3v) is 6.92. The lowest BCUT2D eigenvalue weighted by atomic mass is 9.95. The third kappa shape index (κ3) is 7.46. The monoisotopic (exact) mass is 468 g/mol. The van der Waals surface area contributed by atoms with Crippen LogP contribution in [-0.2, 0) is 0 Å². The van der Waals surface area contributed by atoms with Crippen molar-refractivity contribution in [3.8, 4) is 22.6 Å². The van der Waals surface area contributed by atoms with Crippen molar-refractivity contribution in [2.75, 3.05) is 46.0 Å². The molecule has 3 rings (SSSR count). The molecule has 0 spiro atoms. The van der Waals surface area contributed by atoms with E-state index in [4.69, 9.17) is 9.47 Å². The Hall–Kier alpha value is -2.08. The van der Waals surface area contributed by atoms with Crippen LogP contribution in [-0.4, -0.2) is 62.0 Å². The zero-order valence-electron chi connectivity index (χ0n) is 21.6. The van der Waals surface area contributed by atoms with Crippen molar-refractivity contribution in [3.63, 3.8) is 0 Å². The fraction of sp³-hybridized carbons (Fsp3) is 0.586. The van der Waals surface area contributed by atoms with Gasteiger partial charge in [0.1, 0.15) is 11.5 Å². The van der Waals surface area contributed by atoms with Gasteiger partial charge in [0.25, 0.3) is 0 Å². The maximum absolute atomic E-state index is 9.45. The molecule has 1 aliphatic rings. The normalized spacial score (nSPS) is 15.1. The summed E-state index contributed by atoms with van der Waals surface area (Å²) in [6.45, 7) is 14.5. The topological polar surface area (TPSA) is 54.0 Å². The second-order valence-corrected chi connectivity index (χ2v) is 9.80. The van der Waals surface area contributed by atoms with E-state index in [-0.39, 0.29) is 12.6 Å². The molecule has 0 radical (unpaired) electrons. The molecule has 5 heteroatoms. The first-order valence-corrected chi connectivity index (χ1v) is 13.0.